The van der Waals surface area contributed by atoms with Gasteiger partial charge in [-0.05, 0) is 23.8 Å². The first-order valence-electron chi connectivity index (χ1n) is 9.04. The molecule has 0 atom stereocenters. The average molecular weight is 454 g/mol. The van der Waals surface area contributed by atoms with E-state index in [0.717, 1.165) is 0 Å². The van der Waals surface area contributed by atoms with Crippen molar-refractivity contribution in [2.24, 2.45) is 0 Å². The van der Waals surface area contributed by atoms with Crippen LogP contribution in [0.5, 0.6) is 5.88 Å². The average Bonchev–Trinajstić information content (AvgIpc) is 3.10. The zero-order valence-corrected chi connectivity index (χ0v) is 16.8. The molecule has 0 unspecified atom stereocenters. The molecule has 2 heterocycles. The summed E-state index contributed by atoms with van der Waals surface area (Å²) in [4.78, 5) is 37.6. The summed E-state index contributed by atoms with van der Waals surface area (Å²) in [6.45, 7) is 0.0984. The quantitative estimate of drug-likeness (QED) is 0.183. The zero-order chi connectivity index (χ0) is 22.8. The van der Waals surface area contributed by atoms with Crippen LogP contribution < -0.4 is 4.74 Å². The number of halogens is 1. The van der Waals surface area contributed by atoms with Crippen LogP contribution in [-0.2, 0) is 6.54 Å². The number of rotatable bonds is 6. The Bertz CT molecular complexity index is 1390. The molecule has 0 aliphatic rings. The Kier molecular flexibility index (Phi) is 5.48. The number of carbonyl (C=O) groups is 1. The number of non-ortho nitro benzene ring substituents is 2. The second kappa shape index (κ2) is 8.40. The second-order valence-electron chi connectivity index (χ2n) is 6.58. The van der Waals surface area contributed by atoms with Crippen molar-refractivity contribution in [3.63, 3.8) is 0 Å². The van der Waals surface area contributed by atoms with Crippen LogP contribution in [0.15, 0.2) is 60.8 Å². The van der Waals surface area contributed by atoms with Crippen LogP contribution in [0.1, 0.15) is 15.9 Å². The van der Waals surface area contributed by atoms with Gasteiger partial charge in [0.1, 0.15) is 5.15 Å². The number of fused-ring (bicyclic) bond motifs is 1. The molecular weight excluding hydrogens is 442 g/mol. The normalized spacial score (nSPS) is 10.8. The Balaban J connectivity index is 1.76. The molecule has 0 saturated carbocycles. The van der Waals surface area contributed by atoms with Crippen LogP contribution in [0.25, 0.3) is 10.9 Å². The maximum atomic E-state index is 12.6. The summed E-state index contributed by atoms with van der Waals surface area (Å²) in [7, 11) is 0. The minimum absolute atomic E-state index is 0.000909. The summed E-state index contributed by atoms with van der Waals surface area (Å²) in [5, 5.41) is 26.7. The number of aromatic nitrogens is 3. The lowest BCUT2D eigenvalue weighted by molar-refractivity contribution is -0.385. The van der Waals surface area contributed by atoms with Crippen molar-refractivity contribution in [2.75, 3.05) is 0 Å². The fourth-order valence-corrected chi connectivity index (χ4v) is 3.27. The fraction of sp³-hybridized carbons (Fsp3) is 0.0500. The molecule has 0 N–H and O–H groups in total. The molecule has 0 saturated heterocycles. The Labute approximate surface area is 184 Å². The summed E-state index contributed by atoms with van der Waals surface area (Å²) in [5.74, 6) is -1.00. The first kappa shape index (κ1) is 20.9. The van der Waals surface area contributed by atoms with Crippen LogP contribution in [-0.4, -0.2) is 30.6 Å². The highest BCUT2D eigenvalue weighted by Crippen LogP contribution is 2.30. The molecule has 0 spiro atoms. The smallest absolute Gasteiger partial charge is 0.348 e. The molecule has 0 aliphatic carbocycles. The first-order valence-corrected chi connectivity index (χ1v) is 9.42. The van der Waals surface area contributed by atoms with Crippen molar-refractivity contribution in [3.05, 3.63) is 97.3 Å². The molecule has 0 radical (unpaired) electrons. The molecular formula is C20H12ClN5O6. The van der Waals surface area contributed by atoms with Crippen molar-refractivity contribution >= 4 is 39.8 Å². The van der Waals surface area contributed by atoms with Gasteiger partial charge in [-0.1, -0.05) is 23.7 Å². The van der Waals surface area contributed by atoms with Gasteiger partial charge in [-0.2, -0.15) is 0 Å². The molecule has 160 valence electrons. The molecule has 0 aliphatic heterocycles. The minimum Gasteiger partial charge on any atom is -0.401 e. The number of hydrogen-bond donors (Lipinski definition) is 0. The minimum atomic E-state index is -0.837. The number of ether oxygens (including phenoxy) is 1. The monoisotopic (exact) mass is 453 g/mol. The molecule has 4 rings (SSSR count). The van der Waals surface area contributed by atoms with E-state index in [1.165, 1.54) is 59.4 Å². The number of hydrogen-bond acceptors (Lipinski definition) is 8. The molecule has 0 amide bonds. The lowest BCUT2D eigenvalue weighted by atomic mass is 10.2. The highest BCUT2D eigenvalue weighted by Gasteiger charge is 2.21. The Morgan fingerprint density at radius 2 is 1.78 bits per heavy atom. The highest BCUT2D eigenvalue weighted by atomic mass is 35.5. The third kappa shape index (κ3) is 4.09. The van der Waals surface area contributed by atoms with Crippen LogP contribution in [0, 0.1) is 20.2 Å². The highest BCUT2D eigenvalue weighted by molar-refractivity contribution is 6.32. The van der Waals surface area contributed by atoms with Crippen LogP contribution in [0.4, 0.5) is 11.4 Å². The van der Waals surface area contributed by atoms with Crippen LogP contribution in [0.3, 0.4) is 0 Å². The second-order valence-corrected chi connectivity index (χ2v) is 6.94. The predicted octanol–water partition coefficient (Wildman–Crippen LogP) is 4.17. The van der Waals surface area contributed by atoms with E-state index in [9.17, 15) is 25.0 Å². The van der Waals surface area contributed by atoms with Gasteiger partial charge < -0.3 is 4.74 Å². The number of nitro benzene ring substituents is 2. The van der Waals surface area contributed by atoms with Crippen molar-refractivity contribution < 1.29 is 19.4 Å². The molecule has 2 aromatic heterocycles. The van der Waals surface area contributed by atoms with Gasteiger partial charge in [0.25, 0.3) is 11.4 Å². The van der Waals surface area contributed by atoms with Crippen molar-refractivity contribution in [1.82, 2.24) is 14.8 Å². The molecule has 2 aromatic carbocycles. The van der Waals surface area contributed by atoms with Crippen LogP contribution >= 0.6 is 11.6 Å². The molecule has 4 aromatic rings. The van der Waals surface area contributed by atoms with Crippen LogP contribution in [0.2, 0.25) is 5.15 Å². The summed E-state index contributed by atoms with van der Waals surface area (Å²) < 4.78 is 6.82. The van der Waals surface area contributed by atoms with Gasteiger partial charge in [0.2, 0.25) is 5.88 Å². The molecule has 0 fully saturated rings. The lowest BCUT2D eigenvalue weighted by Gasteiger charge is -2.04. The molecule has 11 nitrogen and oxygen atoms in total. The van der Waals surface area contributed by atoms with E-state index >= 15 is 0 Å². The van der Waals surface area contributed by atoms with Gasteiger partial charge in [0, 0.05) is 30.5 Å². The van der Waals surface area contributed by atoms with Gasteiger partial charge in [0.05, 0.1) is 32.9 Å². The zero-order valence-electron chi connectivity index (χ0n) is 16.0. The molecule has 0 bridgehead atoms. The molecule has 12 heteroatoms. The Morgan fingerprint density at radius 1 is 1.03 bits per heavy atom. The molecule has 32 heavy (non-hydrogen) atoms. The topological polar surface area (TPSA) is 143 Å². The fourth-order valence-electron chi connectivity index (χ4n) is 3.07. The number of carbonyl (C=O) groups excluding carboxylic acids is 1. The van der Waals surface area contributed by atoms with E-state index in [2.05, 4.69) is 10.1 Å². The maximum Gasteiger partial charge on any atom is 0.348 e. The lowest BCUT2D eigenvalue weighted by Crippen LogP contribution is -2.11. The van der Waals surface area contributed by atoms with E-state index in [1.807, 2.05) is 0 Å². The number of nitro groups is 2. The van der Waals surface area contributed by atoms with E-state index in [0.29, 0.717) is 11.1 Å². The number of pyridine rings is 1. The van der Waals surface area contributed by atoms with Crippen molar-refractivity contribution in [2.45, 2.75) is 6.54 Å². The number of nitrogens with zero attached hydrogens (tertiary/aromatic N) is 5. The number of benzene rings is 2. The first-order chi connectivity index (χ1) is 15.3. The largest absolute Gasteiger partial charge is 0.401 e. The third-order valence-corrected chi connectivity index (χ3v) is 4.83. The third-order valence-electron chi connectivity index (χ3n) is 4.53. The van der Waals surface area contributed by atoms with Gasteiger partial charge in [-0.3, -0.25) is 24.9 Å². The summed E-state index contributed by atoms with van der Waals surface area (Å²) in [6.07, 6.45) is 1.41. The van der Waals surface area contributed by atoms with Crippen molar-refractivity contribution in [1.29, 1.82) is 0 Å². The summed E-state index contributed by atoms with van der Waals surface area (Å²) in [6, 6.07) is 12.9. The number of esters is 1. The predicted molar refractivity (Wildman–Crippen MR) is 113 cm³/mol. The standard InChI is InChI=1S/C20H12ClN5O6/c21-18-15(5-2-8-22-18)20(27)32-19-16-10-14(26(30)31)6-7-17(16)24(23-19)11-12-3-1-4-13(9-12)25(28)29/h1-10H,11H2. The van der Waals surface area contributed by atoms with Gasteiger partial charge >= 0.3 is 5.97 Å². The Hall–Kier alpha value is -4.38. The van der Waals surface area contributed by atoms with Crippen molar-refractivity contribution in [3.8, 4) is 5.88 Å². The van der Waals surface area contributed by atoms with E-state index in [-0.39, 0.29) is 39.9 Å². The summed E-state index contributed by atoms with van der Waals surface area (Å²) >= 11 is 5.94. The van der Waals surface area contributed by atoms with Gasteiger partial charge in [0.15, 0.2) is 0 Å². The maximum absolute atomic E-state index is 12.6. The van der Waals surface area contributed by atoms with E-state index in [1.54, 1.807) is 6.07 Å². The Morgan fingerprint density at radius 3 is 2.50 bits per heavy atom. The van der Waals surface area contributed by atoms with E-state index < -0.39 is 15.8 Å². The SMILES string of the molecule is O=C(Oc1nn(Cc2cccc([N+](=O)[O-])c2)c2ccc([N+](=O)[O-])cc12)c1cccnc1Cl. The van der Waals surface area contributed by atoms with Gasteiger partial charge in [-0.15, -0.1) is 5.10 Å². The summed E-state index contributed by atoms with van der Waals surface area (Å²) in [5.41, 5.74) is 0.690. The van der Waals surface area contributed by atoms with E-state index in [4.69, 9.17) is 16.3 Å². The van der Waals surface area contributed by atoms with Gasteiger partial charge in [-0.25, -0.2) is 9.78 Å².